The minimum absolute atomic E-state index is 0.227. The molecule has 0 unspecified atom stereocenters. The monoisotopic (exact) mass is 313 g/mol. The second kappa shape index (κ2) is 6.13. The zero-order valence-electron chi connectivity index (χ0n) is 12.2. The van der Waals surface area contributed by atoms with Crippen LogP contribution in [0.25, 0.3) is 11.3 Å². The Bertz CT molecular complexity index is 672. The Hall–Kier alpha value is -2.44. The van der Waals surface area contributed by atoms with Crippen LogP contribution in [0.15, 0.2) is 30.3 Å². The summed E-state index contributed by atoms with van der Waals surface area (Å²) in [6, 6.07) is 7.36. The third-order valence-corrected chi connectivity index (χ3v) is 2.94. The Morgan fingerprint density at radius 2 is 1.73 bits per heavy atom. The maximum Gasteiger partial charge on any atom is 0.573 e. The molecule has 118 valence electrons. The van der Waals surface area contributed by atoms with Crippen LogP contribution < -0.4 is 14.2 Å². The van der Waals surface area contributed by atoms with E-state index in [1.807, 2.05) is 6.92 Å². The van der Waals surface area contributed by atoms with Crippen LogP contribution in [0, 0.1) is 6.92 Å². The third-order valence-electron chi connectivity index (χ3n) is 2.94. The minimum atomic E-state index is -4.75. The van der Waals surface area contributed by atoms with E-state index in [4.69, 9.17) is 9.47 Å². The van der Waals surface area contributed by atoms with Crippen molar-refractivity contribution in [1.82, 2.24) is 4.98 Å². The number of hydrogen-bond acceptors (Lipinski definition) is 4. The third kappa shape index (κ3) is 3.60. The lowest BCUT2D eigenvalue weighted by Gasteiger charge is -2.14. The lowest BCUT2D eigenvalue weighted by Crippen LogP contribution is -2.17. The molecule has 0 aliphatic heterocycles. The van der Waals surface area contributed by atoms with E-state index < -0.39 is 6.36 Å². The standard InChI is InChI=1S/C15H14F3NO3/c1-9-4-7-13(21-3)19-14(9)11-6-5-10(8-12(11)20-2)22-15(16,17)18/h4-8H,1-3H3. The Morgan fingerprint density at radius 1 is 1.00 bits per heavy atom. The van der Waals surface area contributed by atoms with E-state index in [0.29, 0.717) is 17.1 Å². The maximum absolute atomic E-state index is 12.3. The fourth-order valence-electron chi connectivity index (χ4n) is 1.96. The summed E-state index contributed by atoms with van der Waals surface area (Å²) in [4.78, 5) is 4.31. The van der Waals surface area contributed by atoms with Crippen molar-refractivity contribution >= 4 is 0 Å². The number of alkyl halides is 3. The molecule has 1 aromatic heterocycles. The van der Waals surface area contributed by atoms with Gasteiger partial charge in [0.25, 0.3) is 0 Å². The average Bonchev–Trinajstić information content (AvgIpc) is 2.46. The summed E-state index contributed by atoms with van der Waals surface area (Å²) >= 11 is 0. The Labute approximate surface area is 125 Å². The summed E-state index contributed by atoms with van der Waals surface area (Å²) in [5, 5.41) is 0. The van der Waals surface area contributed by atoms with Crippen LogP contribution in [0.4, 0.5) is 13.2 Å². The number of halogens is 3. The van der Waals surface area contributed by atoms with Crippen LogP contribution >= 0.6 is 0 Å². The summed E-state index contributed by atoms with van der Waals surface area (Å²) in [5.74, 6) is 0.275. The molecule has 2 rings (SSSR count). The molecule has 0 fully saturated rings. The number of ether oxygens (including phenoxy) is 3. The average molecular weight is 313 g/mol. The molecule has 0 saturated carbocycles. The van der Waals surface area contributed by atoms with Gasteiger partial charge in [0.15, 0.2) is 0 Å². The number of pyridine rings is 1. The number of aryl methyl sites for hydroxylation is 1. The highest BCUT2D eigenvalue weighted by molar-refractivity contribution is 5.71. The Balaban J connectivity index is 2.48. The van der Waals surface area contributed by atoms with Gasteiger partial charge in [0.2, 0.25) is 5.88 Å². The Kier molecular flexibility index (Phi) is 4.44. The molecule has 0 aliphatic carbocycles. The van der Waals surface area contributed by atoms with Crippen molar-refractivity contribution in [3.05, 3.63) is 35.9 Å². The molecule has 0 bridgehead atoms. The van der Waals surface area contributed by atoms with Crippen LogP contribution in [-0.4, -0.2) is 25.6 Å². The predicted octanol–water partition coefficient (Wildman–Crippen LogP) is 3.97. The number of nitrogens with zero attached hydrogens (tertiary/aromatic N) is 1. The minimum Gasteiger partial charge on any atom is -0.496 e. The second-order valence-corrected chi connectivity index (χ2v) is 4.43. The fraction of sp³-hybridized carbons (Fsp3) is 0.267. The molecular weight excluding hydrogens is 299 g/mol. The van der Waals surface area contributed by atoms with Gasteiger partial charge in [-0.2, -0.15) is 0 Å². The molecule has 2 aromatic rings. The summed E-state index contributed by atoms with van der Waals surface area (Å²) < 4.78 is 50.9. The summed E-state index contributed by atoms with van der Waals surface area (Å²) in [5.41, 5.74) is 1.95. The summed E-state index contributed by atoms with van der Waals surface area (Å²) in [6.07, 6.45) is -4.75. The van der Waals surface area contributed by atoms with E-state index in [1.54, 1.807) is 12.1 Å². The summed E-state index contributed by atoms with van der Waals surface area (Å²) in [7, 11) is 2.85. The Morgan fingerprint density at radius 3 is 2.32 bits per heavy atom. The molecule has 22 heavy (non-hydrogen) atoms. The first kappa shape index (κ1) is 15.9. The zero-order chi connectivity index (χ0) is 16.3. The number of benzene rings is 1. The smallest absolute Gasteiger partial charge is 0.496 e. The topological polar surface area (TPSA) is 40.6 Å². The van der Waals surface area contributed by atoms with E-state index in [9.17, 15) is 13.2 Å². The first-order valence-electron chi connectivity index (χ1n) is 6.30. The molecule has 0 radical (unpaired) electrons. The first-order valence-corrected chi connectivity index (χ1v) is 6.30. The van der Waals surface area contributed by atoms with E-state index in [1.165, 1.54) is 32.4 Å². The molecule has 7 heteroatoms. The van der Waals surface area contributed by atoms with Gasteiger partial charge in [-0.1, -0.05) is 6.07 Å². The van der Waals surface area contributed by atoms with E-state index >= 15 is 0 Å². The number of hydrogen-bond donors (Lipinski definition) is 0. The number of methoxy groups -OCH3 is 2. The van der Waals surface area contributed by atoms with Gasteiger partial charge in [-0.15, -0.1) is 13.2 Å². The van der Waals surface area contributed by atoms with Gasteiger partial charge >= 0.3 is 6.36 Å². The van der Waals surface area contributed by atoms with E-state index in [2.05, 4.69) is 9.72 Å². The highest BCUT2D eigenvalue weighted by atomic mass is 19.4. The van der Waals surface area contributed by atoms with E-state index in [-0.39, 0.29) is 11.5 Å². The lowest BCUT2D eigenvalue weighted by atomic mass is 10.1. The molecular formula is C15H14F3NO3. The van der Waals surface area contributed by atoms with Gasteiger partial charge in [0, 0.05) is 17.7 Å². The molecule has 1 aromatic carbocycles. The molecule has 0 atom stereocenters. The highest BCUT2D eigenvalue weighted by Gasteiger charge is 2.31. The van der Waals surface area contributed by atoms with Crippen LogP contribution in [0.1, 0.15) is 5.56 Å². The van der Waals surface area contributed by atoms with Crippen LogP contribution in [0.5, 0.6) is 17.4 Å². The summed E-state index contributed by atoms with van der Waals surface area (Å²) in [6.45, 7) is 1.83. The molecule has 0 aliphatic rings. The van der Waals surface area contributed by atoms with Crippen LogP contribution in [0.2, 0.25) is 0 Å². The van der Waals surface area contributed by atoms with E-state index in [0.717, 1.165) is 5.56 Å². The number of rotatable bonds is 4. The van der Waals surface area contributed by atoms with Crippen molar-refractivity contribution in [3.63, 3.8) is 0 Å². The molecule has 0 spiro atoms. The van der Waals surface area contributed by atoms with Crippen molar-refractivity contribution < 1.29 is 27.4 Å². The number of aromatic nitrogens is 1. The highest BCUT2D eigenvalue weighted by Crippen LogP contribution is 2.36. The molecule has 0 amide bonds. The SMILES string of the molecule is COc1ccc(C)c(-c2ccc(OC(F)(F)F)cc2OC)n1. The fourth-order valence-corrected chi connectivity index (χ4v) is 1.96. The van der Waals surface area contributed by atoms with Crippen molar-refractivity contribution in [2.45, 2.75) is 13.3 Å². The quantitative estimate of drug-likeness (QED) is 0.856. The van der Waals surface area contributed by atoms with Crippen LogP contribution in [-0.2, 0) is 0 Å². The van der Waals surface area contributed by atoms with Crippen LogP contribution in [0.3, 0.4) is 0 Å². The van der Waals surface area contributed by atoms with Crippen molar-refractivity contribution in [2.24, 2.45) is 0 Å². The molecule has 0 N–H and O–H groups in total. The molecule has 1 heterocycles. The zero-order valence-corrected chi connectivity index (χ0v) is 12.2. The van der Waals surface area contributed by atoms with Gasteiger partial charge in [-0.25, -0.2) is 4.98 Å². The molecule has 4 nitrogen and oxygen atoms in total. The van der Waals surface area contributed by atoms with Crippen molar-refractivity contribution in [3.8, 4) is 28.6 Å². The normalized spacial score (nSPS) is 11.2. The first-order chi connectivity index (χ1) is 10.3. The van der Waals surface area contributed by atoms with Crippen molar-refractivity contribution in [1.29, 1.82) is 0 Å². The van der Waals surface area contributed by atoms with Gasteiger partial charge < -0.3 is 14.2 Å². The van der Waals surface area contributed by atoms with Gasteiger partial charge in [0.1, 0.15) is 11.5 Å². The van der Waals surface area contributed by atoms with Gasteiger partial charge in [0.05, 0.1) is 19.9 Å². The van der Waals surface area contributed by atoms with Gasteiger partial charge in [-0.3, -0.25) is 0 Å². The largest absolute Gasteiger partial charge is 0.573 e. The van der Waals surface area contributed by atoms with Crippen molar-refractivity contribution in [2.75, 3.05) is 14.2 Å². The lowest BCUT2D eigenvalue weighted by molar-refractivity contribution is -0.274. The van der Waals surface area contributed by atoms with Gasteiger partial charge in [-0.05, 0) is 24.6 Å². The maximum atomic E-state index is 12.3. The predicted molar refractivity (Wildman–Crippen MR) is 74.2 cm³/mol. The molecule has 0 saturated heterocycles. The second-order valence-electron chi connectivity index (χ2n) is 4.43.